The molecule has 3 heteroatoms. The van der Waals surface area contributed by atoms with E-state index in [9.17, 15) is 0 Å². The third-order valence-corrected chi connectivity index (χ3v) is 3.95. The highest BCUT2D eigenvalue weighted by Crippen LogP contribution is 2.30. The van der Waals surface area contributed by atoms with Crippen LogP contribution in [-0.2, 0) is 5.41 Å². The largest absolute Gasteiger partial charge is 0.481 e. The Hall–Kier alpha value is -2.86. The predicted octanol–water partition coefficient (Wildman–Crippen LogP) is 4.61. The van der Waals surface area contributed by atoms with Gasteiger partial charge >= 0.3 is 0 Å². The Labute approximate surface area is 142 Å². The number of hydrogen-bond donors (Lipinski definition) is 0. The maximum Gasteiger partial charge on any atom is 0.148 e. The van der Waals surface area contributed by atoms with Gasteiger partial charge in [-0.25, -0.2) is 9.97 Å². The molecule has 0 aliphatic carbocycles. The van der Waals surface area contributed by atoms with Gasteiger partial charge in [-0.2, -0.15) is 0 Å². The van der Waals surface area contributed by atoms with E-state index >= 15 is 0 Å². The highest BCUT2D eigenvalue weighted by Gasteiger charge is 2.14. The van der Waals surface area contributed by atoms with E-state index in [1.807, 2.05) is 18.2 Å². The summed E-state index contributed by atoms with van der Waals surface area (Å²) in [5.74, 6) is 3.20. The van der Waals surface area contributed by atoms with Crippen LogP contribution in [0.1, 0.15) is 26.3 Å². The van der Waals surface area contributed by atoms with Gasteiger partial charge in [-0.3, -0.25) is 0 Å². The zero-order chi connectivity index (χ0) is 17.2. The van der Waals surface area contributed by atoms with Crippen LogP contribution in [-0.4, -0.2) is 16.6 Å². The minimum Gasteiger partial charge on any atom is -0.481 e. The van der Waals surface area contributed by atoms with E-state index in [1.165, 1.54) is 5.56 Å². The summed E-state index contributed by atoms with van der Waals surface area (Å²) < 4.78 is 5.53. The summed E-state index contributed by atoms with van der Waals surface area (Å²) in [4.78, 5) is 8.82. The van der Waals surface area contributed by atoms with Gasteiger partial charge in [0.25, 0.3) is 0 Å². The molecule has 24 heavy (non-hydrogen) atoms. The quantitative estimate of drug-likeness (QED) is 0.662. The van der Waals surface area contributed by atoms with Crippen molar-refractivity contribution in [3.8, 4) is 29.4 Å². The summed E-state index contributed by atoms with van der Waals surface area (Å²) in [5.41, 5.74) is 4.26. The molecule has 0 bridgehead atoms. The Kier molecular flexibility index (Phi) is 4.22. The number of fused-ring (bicyclic) bond motifs is 1. The molecule has 0 radical (unpaired) electrons. The molecule has 3 nitrogen and oxygen atoms in total. The van der Waals surface area contributed by atoms with Gasteiger partial charge in [0.1, 0.15) is 18.7 Å². The molecule has 3 rings (SSSR count). The second kappa shape index (κ2) is 6.33. The van der Waals surface area contributed by atoms with Gasteiger partial charge in [0, 0.05) is 10.9 Å². The molecule has 2 aromatic carbocycles. The van der Waals surface area contributed by atoms with Crippen LogP contribution in [0.25, 0.3) is 22.2 Å². The number of ether oxygens (including phenoxy) is 1. The molecule has 0 saturated heterocycles. The first-order chi connectivity index (χ1) is 11.5. The molecule has 120 valence electrons. The number of hydrogen-bond acceptors (Lipinski definition) is 3. The van der Waals surface area contributed by atoms with Crippen LogP contribution < -0.4 is 4.74 Å². The summed E-state index contributed by atoms with van der Waals surface area (Å²) in [5, 5.41) is 0.954. The zero-order valence-electron chi connectivity index (χ0n) is 14.2. The number of nitrogens with zero attached hydrogens (tertiary/aromatic N) is 2. The molecule has 3 aromatic rings. The Morgan fingerprint density at radius 2 is 1.79 bits per heavy atom. The molecule has 0 aliphatic rings. The van der Waals surface area contributed by atoms with E-state index in [2.05, 4.69) is 60.9 Å². The van der Waals surface area contributed by atoms with E-state index in [1.54, 1.807) is 6.33 Å². The monoisotopic (exact) mass is 316 g/mol. The zero-order valence-corrected chi connectivity index (χ0v) is 14.2. The van der Waals surface area contributed by atoms with E-state index in [-0.39, 0.29) is 12.0 Å². The smallest absolute Gasteiger partial charge is 0.148 e. The first-order valence-electron chi connectivity index (χ1n) is 7.91. The maximum atomic E-state index is 5.53. The van der Waals surface area contributed by atoms with E-state index in [0.29, 0.717) is 0 Å². The van der Waals surface area contributed by atoms with Gasteiger partial charge in [0.2, 0.25) is 0 Å². The Bertz CT molecular complexity index is 900. The normalized spacial score (nSPS) is 11.2. The van der Waals surface area contributed by atoms with Gasteiger partial charge < -0.3 is 4.74 Å². The molecule has 0 N–H and O–H groups in total. The van der Waals surface area contributed by atoms with Crippen LogP contribution in [0.15, 0.2) is 48.8 Å². The van der Waals surface area contributed by atoms with Gasteiger partial charge in [-0.15, -0.1) is 6.42 Å². The molecule has 0 unspecified atom stereocenters. The third-order valence-electron chi connectivity index (χ3n) is 3.95. The van der Waals surface area contributed by atoms with E-state index < -0.39 is 0 Å². The second-order valence-corrected chi connectivity index (χ2v) is 6.72. The van der Waals surface area contributed by atoms with Gasteiger partial charge in [-0.1, -0.05) is 51.0 Å². The highest BCUT2D eigenvalue weighted by molar-refractivity contribution is 5.92. The van der Waals surface area contributed by atoms with Crippen LogP contribution in [0.2, 0.25) is 0 Å². The van der Waals surface area contributed by atoms with Crippen LogP contribution in [0.5, 0.6) is 5.75 Å². The van der Waals surface area contributed by atoms with E-state index in [0.717, 1.165) is 27.9 Å². The van der Waals surface area contributed by atoms with Crippen molar-refractivity contribution < 1.29 is 4.74 Å². The van der Waals surface area contributed by atoms with Crippen LogP contribution in [0.3, 0.4) is 0 Å². The SMILES string of the molecule is C#CCOc1ccc2ncnc(-c3ccc(C(C)(C)C)cc3)c2c1. The first kappa shape index (κ1) is 16.0. The maximum absolute atomic E-state index is 5.53. The van der Waals surface area contributed by atoms with Crippen LogP contribution >= 0.6 is 0 Å². The van der Waals surface area contributed by atoms with Gasteiger partial charge in [0.15, 0.2) is 0 Å². The molecule has 0 saturated carbocycles. The molecule has 0 atom stereocenters. The summed E-state index contributed by atoms with van der Waals surface area (Å²) in [6.45, 7) is 6.86. The first-order valence-corrected chi connectivity index (χ1v) is 7.91. The second-order valence-electron chi connectivity index (χ2n) is 6.72. The molecular weight excluding hydrogens is 296 g/mol. The standard InChI is InChI=1S/C21H20N2O/c1-5-12-24-17-10-11-19-18(13-17)20(23-14-22-19)15-6-8-16(9-7-15)21(2,3)4/h1,6-11,13-14H,12H2,2-4H3. The third kappa shape index (κ3) is 3.23. The van der Waals surface area contributed by atoms with Crippen molar-refractivity contribution in [1.29, 1.82) is 0 Å². The molecular formula is C21H20N2O. The van der Waals surface area contributed by atoms with Gasteiger partial charge in [-0.05, 0) is 29.2 Å². The van der Waals surface area contributed by atoms with Crippen molar-refractivity contribution >= 4 is 10.9 Å². The lowest BCUT2D eigenvalue weighted by Gasteiger charge is -2.19. The average molecular weight is 316 g/mol. The molecule has 0 aliphatic heterocycles. The fourth-order valence-corrected chi connectivity index (χ4v) is 2.61. The van der Waals surface area contributed by atoms with Crippen molar-refractivity contribution in [2.45, 2.75) is 26.2 Å². The molecule has 0 amide bonds. The molecule has 0 spiro atoms. The van der Waals surface area contributed by atoms with E-state index in [4.69, 9.17) is 11.2 Å². The minimum absolute atomic E-state index is 0.127. The van der Waals surface area contributed by atoms with Crippen LogP contribution in [0, 0.1) is 12.3 Å². The van der Waals surface area contributed by atoms with Gasteiger partial charge in [0.05, 0.1) is 11.2 Å². The molecule has 0 fully saturated rings. The summed E-state index contributed by atoms with van der Waals surface area (Å²) in [7, 11) is 0. The highest BCUT2D eigenvalue weighted by atomic mass is 16.5. The van der Waals surface area contributed by atoms with Crippen molar-refractivity contribution in [1.82, 2.24) is 9.97 Å². The summed E-state index contributed by atoms with van der Waals surface area (Å²) >= 11 is 0. The Morgan fingerprint density at radius 1 is 1.04 bits per heavy atom. The van der Waals surface area contributed by atoms with Crippen molar-refractivity contribution in [3.05, 3.63) is 54.4 Å². The van der Waals surface area contributed by atoms with Crippen molar-refractivity contribution in [3.63, 3.8) is 0 Å². The summed E-state index contributed by atoms with van der Waals surface area (Å²) in [6.07, 6.45) is 6.85. The average Bonchev–Trinajstić information content (AvgIpc) is 2.58. The number of rotatable bonds is 3. The predicted molar refractivity (Wildman–Crippen MR) is 98.0 cm³/mol. The minimum atomic E-state index is 0.127. The Balaban J connectivity index is 2.06. The number of benzene rings is 2. The topological polar surface area (TPSA) is 35.0 Å². The summed E-state index contributed by atoms with van der Waals surface area (Å²) in [6, 6.07) is 14.3. The van der Waals surface area contributed by atoms with Crippen molar-refractivity contribution in [2.75, 3.05) is 6.61 Å². The fourth-order valence-electron chi connectivity index (χ4n) is 2.61. The molecule has 1 heterocycles. The van der Waals surface area contributed by atoms with Crippen LogP contribution in [0.4, 0.5) is 0 Å². The lowest BCUT2D eigenvalue weighted by Crippen LogP contribution is -2.10. The number of aromatic nitrogens is 2. The molecule has 1 aromatic heterocycles. The fraction of sp³-hybridized carbons (Fsp3) is 0.238. The van der Waals surface area contributed by atoms with Crippen molar-refractivity contribution in [2.24, 2.45) is 0 Å². The Morgan fingerprint density at radius 3 is 2.46 bits per heavy atom. The lowest BCUT2D eigenvalue weighted by molar-refractivity contribution is 0.371. The number of terminal acetylenes is 1. The lowest BCUT2D eigenvalue weighted by atomic mass is 9.86.